The van der Waals surface area contributed by atoms with Crippen molar-refractivity contribution in [1.82, 2.24) is 4.90 Å². The van der Waals surface area contributed by atoms with E-state index in [1.165, 1.54) is 19.2 Å². The number of ether oxygens (including phenoxy) is 1. The Hall–Kier alpha value is -2.86. The van der Waals surface area contributed by atoms with Crippen LogP contribution in [0, 0.1) is 5.82 Å². The lowest BCUT2D eigenvalue weighted by Gasteiger charge is -2.12. The summed E-state index contributed by atoms with van der Waals surface area (Å²) in [4.78, 5) is 25.1. The molecule has 0 saturated carbocycles. The van der Waals surface area contributed by atoms with E-state index in [1.807, 2.05) is 12.1 Å². The Balaban J connectivity index is 1.81. The molecule has 6 heteroatoms. The van der Waals surface area contributed by atoms with Crippen molar-refractivity contribution in [3.8, 4) is 5.75 Å². The Bertz CT molecular complexity index is 939. The molecule has 27 heavy (non-hydrogen) atoms. The van der Waals surface area contributed by atoms with E-state index >= 15 is 0 Å². The van der Waals surface area contributed by atoms with E-state index in [2.05, 4.69) is 6.58 Å². The molecular weight excluding hydrogens is 365 g/mol. The number of rotatable bonds is 6. The first-order valence-electron chi connectivity index (χ1n) is 8.30. The molecule has 0 unspecified atom stereocenters. The maximum atomic E-state index is 13.3. The Morgan fingerprint density at radius 2 is 2.04 bits per heavy atom. The summed E-state index contributed by atoms with van der Waals surface area (Å²) in [5.41, 5.74) is 2.43. The molecule has 0 spiro atoms. The van der Waals surface area contributed by atoms with Crippen LogP contribution >= 0.6 is 11.8 Å². The highest BCUT2D eigenvalue weighted by Gasteiger charge is 2.31. The standard InChI is InChI=1S/C21H18FNO3S/c1-3-5-16-10-14(12-19-20(24)23(2)21(25)27-19)8-9-18(16)26-13-15-6-4-7-17(22)11-15/h3-4,6-12H,1,5,13H2,2H3/b19-12-. The Morgan fingerprint density at radius 1 is 1.22 bits per heavy atom. The minimum atomic E-state index is -0.304. The predicted molar refractivity (Wildman–Crippen MR) is 105 cm³/mol. The smallest absolute Gasteiger partial charge is 0.293 e. The molecule has 3 rings (SSSR count). The average molecular weight is 383 g/mol. The van der Waals surface area contributed by atoms with Gasteiger partial charge in [0.25, 0.3) is 11.1 Å². The number of benzene rings is 2. The molecule has 0 aromatic heterocycles. The topological polar surface area (TPSA) is 46.6 Å². The van der Waals surface area contributed by atoms with Crippen molar-refractivity contribution >= 4 is 29.0 Å². The summed E-state index contributed by atoms with van der Waals surface area (Å²) in [5, 5.41) is -0.285. The van der Waals surface area contributed by atoms with Crippen LogP contribution in [-0.2, 0) is 17.8 Å². The number of likely N-dealkylation sites (N-methyl/N-ethyl adjacent to an activating group) is 1. The van der Waals surface area contributed by atoms with Crippen LogP contribution in [0.5, 0.6) is 5.75 Å². The van der Waals surface area contributed by atoms with Crippen molar-refractivity contribution in [3.05, 3.63) is 82.5 Å². The van der Waals surface area contributed by atoms with E-state index in [0.717, 1.165) is 33.4 Å². The van der Waals surface area contributed by atoms with Gasteiger partial charge in [-0.1, -0.05) is 24.3 Å². The average Bonchev–Trinajstić information content (AvgIpc) is 2.88. The van der Waals surface area contributed by atoms with Crippen LogP contribution in [0.4, 0.5) is 9.18 Å². The van der Waals surface area contributed by atoms with E-state index in [0.29, 0.717) is 17.1 Å². The van der Waals surface area contributed by atoms with Gasteiger partial charge in [0.05, 0.1) is 4.91 Å². The number of carbonyl (C=O) groups excluding carboxylic acids is 2. The zero-order valence-electron chi connectivity index (χ0n) is 14.8. The lowest BCUT2D eigenvalue weighted by atomic mass is 10.1. The summed E-state index contributed by atoms with van der Waals surface area (Å²) in [6, 6.07) is 11.8. The van der Waals surface area contributed by atoms with Crippen molar-refractivity contribution in [3.63, 3.8) is 0 Å². The first-order chi connectivity index (χ1) is 13.0. The first kappa shape index (κ1) is 18.9. The molecule has 0 atom stereocenters. The molecule has 1 aliphatic heterocycles. The largest absolute Gasteiger partial charge is 0.489 e. The van der Waals surface area contributed by atoms with Crippen LogP contribution in [0.1, 0.15) is 16.7 Å². The third-order valence-corrected chi connectivity index (χ3v) is 4.98. The second kappa shape index (κ2) is 8.22. The number of amides is 2. The molecule has 0 N–H and O–H groups in total. The van der Waals surface area contributed by atoms with E-state index in [4.69, 9.17) is 4.74 Å². The number of hydrogen-bond acceptors (Lipinski definition) is 4. The summed E-state index contributed by atoms with van der Waals surface area (Å²) >= 11 is 0.921. The number of thioether (sulfide) groups is 1. The molecule has 2 aromatic rings. The Kier molecular flexibility index (Phi) is 5.76. The van der Waals surface area contributed by atoms with E-state index in [1.54, 1.807) is 30.4 Å². The van der Waals surface area contributed by atoms with Gasteiger partial charge in [0.2, 0.25) is 0 Å². The number of allylic oxidation sites excluding steroid dienone is 1. The summed E-state index contributed by atoms with van der Waals surface area (Å²) in [6.07, 6.45) is 4.03. The van der Waals surface area contributed by atoms with Crippen molar-refractivity contribution < 1.29 is 18.7 Å². The van der Waals surface area contributed by atoms with Crippen molar-refractivity contribution in [1.29, 1.82) is 0 Å². The highest BCUT2D eigenvalue weighted by atomic mass is 32.2. The van der Waals surface area contributed by atoms with Gasteiger partial charge in [-0.3, -0.25) is 14.5 Å². The minimum Gasteiger partial charge on any atom is -0.489 e. The zero-order valence-corrected chi connectivity index (χ0v) is 15.6. The van der Waals surface area contributed by atoms with Gasteiger partial charge < -0.3 is 4.74 Å². The lowest BCUT2D eigenvalue weighted by Crippen LogP contribution is -2.22. The third-order valence-electron chi connectivity index (χ3n) is 4.02. The van der Waals surface area contributed by atoms with Gasteiger partial charge in [-0.05, 0) is 65.2 Å². The van der Waals surface area contributed by atoms with Crippen molar-refractivity contribution in [2.75, 3.05) is 7.05 Å². The second-order valence-electron chi connectivity index (χ2n) is 6.02. The van der Waals surface area contributed by atoms with Gasteiger partial charge in [-0.15, -0.1) is 6.58 Å². The maximum Gasteiger partial charge on any atom is 0.293 e. The summed E-state index contributed by atoms with van der Waals surface area (Å²) < 4.78 is 19.1. The third kappa shape index (κ3) is 4.46. The van der Waals surface area contributed by atoms with Crippen LogP contribution in [0.2, 0.25) is 0 Å². The molecule has 4 nitrogen and oxygen atoms in total. The zero-order chi connectivity index (χ0) is 19.4. The Labute approximate surface area is 161 Å². The van der Waals surface area contributed by atoms with Crippen LogP contribution in [0.15, 0.2) is 60.0 Å². The molecule has 0 radical (unpaired) electrons. The normalized spacial score (nSPS) is 15.5. The van der Waals surface area contributed by atoms with Gasteiger partial charge in [0.1, 0.15) is 18.2 Å². The quantitative estimate of drug-likeness (QED) is 0.531. The second-order valence-corrected chi connectivity index (χ2v) is 7.01. The van der Waals surface area contributed by atoms with Crippen molar-refractivity contribution in [2.24, 2.45) is 0 Å². The first-order valence-corrected chi connectivity index (χ1v) is 9.12. The molecule has 1 fully saturated rings. The number of nitrogens with zero attached hydrogens (tertiary/aromatic N) is 1. The monoisotopic (exact) mass is 383 g/mol. The van der Waals surface area contributed by atoms with Crippen molar-refractivity contribution in [2.45, 2.75) is 13.0 Å². The summed E-state index contributed by atoms with van der Waals surface area (Å²) in [5.74, 6) is 0.0595. The molecule has 1 heterocycles. The lowest BCUT2D eigenvalue weighted by molar-refractivity contribution is -0.121. The van der Waals surface area contributed by atoms with Gasteiger partial charge >= 0.3 is 0 Å². The van der Waals surface area contributed by atoms with E-state index in [-0.39, 0.29) is 23.6 Å². The predicted octanol–water partition coefficient (Wildman–Crippen LogP) is 4.80. The molecule has 2 amide bonds. The SMILES string of the molecule is C=CCc1cc(/C=C2\SC(=O)N(C)C2=O)ccc1OCc1cccc(F)c1. The highest BCUT2D eigenvalue weighted by molar-refractivity contribution is 8.18. The van der Waals surface area contributed by atoms with Crippen LogP contribution in [-0.4, -0.2) is 23.1 Å². The van der Waals surface area contributed by atoms with Gasteiger partial charge in [0, 0.05) is 7.05 Å². The van der Waals surface area contributed by atoms with Crippen LogP contribution in [0.3, 0.4) is 0 Å². The molecule has 1 saturated heterocycles. The number of halogens is 1. The van der Waals surface area contributed by atoms with Gasteiger partial charge in [-0.25, -0.2) is 4.39 Å². The molecule has 0 aliphatic carbocycles. The van der Waals surface area contributed by atoms with Crippen LogP contribution in [0.25, 0.3) is 6.08 Å². The molecule has 0 bridgehead atoms. The van der Waals surface area contributed by atoms with Crippen LogP contribution < -0.4 is 4.74 Å². The number of imide groups is 1. The Morgan fingerprint density at radius 3 is 2.70 bits per heavy atom. The molecule has 1 aliphatic rings. The fraction of sp³-hybridized carbons (Fsp3) is 0.143. The summed E-state index contributed by atoms with van der Waals surface area (Å²) in [6.45, 7) is 4.01. The fourth-order valence-corrected chi connectivity index (χ4v) is 3.46. The maximum absolute atomic E-state index is 13.3. The van der Waals surface area contributed by atoms with E-state index < -0.39 is 0 Å². The highest BCUT2D eigenvalue weighted by Crippen LogP contribution is 2.32. The summed E-state index contributed by atoms with van der Waals surface area (Å²) in [7, 11) is 1.46. The van der Waals surface area contributed by atoms with E-state index in [9.17, 15) is 14.0 Å². The number of hydrogen-bond donors (Lipinski definition) is 0. The minimum absolute atomic E-state index is 0.246. The number of carbonyl (C=O) groups is 2. The van der Waals surface area contributed by atoms with Gasteiger partial charge in [0.15, 0.2) is 0 Å². The van der Waals surface area contributed by atoms with Gasteiger partial charge in [-0.2, -0.15) is 0 Å². The fourth-order valence-electron chi connectivity index (χ4n) is 2.63. The molecular formula is C21H18FNO3S. The molecule has 138 valence electrons. The molecule has 2 aromatic carbocycles.